The van der Waals surface area contributed by atoms with Crippen molar-refractivity contribution in [2.45, 2.75) is 95.5 Å². The molecule has 10 nitrogen and oxygen atoms in total. The van der Waals surface area contributed by atoms with Crippen molar-refractivity contribution in [2.75, 3.05) is 27.4 Å². The minimum Gasteiger partial charge on any atom is -0.504 e. The number of hydrogen-bond donors (Lipinski definition) is 5. The van der Waals surface area contributed by atoms with Gasteiger partial charge in [0, 0.05) is 12.5 Å². The number of rotatable bonds is 14. The number of nitrogens with one attached hydrogen (secondary N) is 1. The summed E-state index contributed by atoms with van der Waals surface area (Å²) in [6.07, 6.45) is 5.63. The molecule has 43 heavy (non-hydrogen) atoms. The maximum atomic E-state index is 12.3. The Labute approximate surface area is 253 Å². The quantitative estimate of drug-likeness (QED) is 0.198. The van der Waals surface area contributed by atoms with Gasteiger partial charge in [-0.2, -0.15) is 0 Å². The van der Waals surface area contributed by atoms with Crippen LogP contribution in [-0.4, -0.2) is 72.0 Å². The van der Waals surface area contributed by atoms with Gasteiger partial charge in [-0.15, -0.1) is 0 Å². The van der Waals surface area contributed by atoms with Gasteiger partial charge >= 0.3 is 5.97 Å². The molecule has 1 aliphatic heterocycles. The molecule has 0 radical (unpaired) electrons. The van der Waals surface area contributed by atoms with E-state index >= 15 is 0 Å². The maximum absolute atomic E-state index is 12.3. The summed E-state index contributed by atoms with van der Waals surface area (Å²) in [6, 6.07) is 8.46. The van der Waals surface area contributed by atoms with E-state index in [1.165, 1.54) is 14.2 Å². The highest BCUT2D eigenvalue weighted by Crippen LogP contribution is 2.44. The molecule has 1 aliphatic carbocycles. The number of aliphatic hydroxyl groups excluding tert-OH is 1. The van der Waals surface area contributed by atoms with Gasteiger partial charge in [-0.25, -0.2) is 0 Å². The molecular formula is C33H47NO9. The standard InChI is InChI=1S/C33H47NO9/c1-4-34-23(19-33(32(38)39)12-6-5-7-13-33)20-42-30-16-22(15-29(41-3)31(30)37)27-18-24(35)17-25(43-27)10-8-21-9-11-26(36)28(14-21)40-2/h9,11,14-16,23-25,27,34-37H,4-8,10,12-13,17-20H2,1-3H3,(H,38,39)/t23-,24-,25-,27-/m0/s1. The zero-order valence-corrected chi connectivity index (χ0v) is 25.5. The zero-order valence-electron chi connectivity index (χ0n) is 25.5. The zero-order chi connectivity index (χ0) is 31.0. The van der Waals surface area contributed by atoms with E-state index in [2.05, 4.69) is 5.32 Å². The molecule has 0 amide bonds. The molecule has 10 heteroatoms. The summed E-state index contributed by atoms with van der Waals surface area (Å²) in [5.74, 6) is 0.0638. The van der Waals surface area contributed by atoms with Crippen LogP contribution in [0.15, 0.2) is 30.3 Å². The van der Waals surface area contributed by atoms with Crippen LogP contribution in [0.2, 0.25) is 0 Å². The minimum atomic E-state index is -0.775. The van der Waals surface area contributed by atoms with E-state index in [0.717, 1.165) is 24.8 Å². The number of likely N-dealkylation sites (N-methyl/N-ethyl adjacent to an activating group) is 1. The van der Waals surface area contributed by atoms with Crippen LogP contribution in [0.25, 0.3) is 0 Å². The third-order valence-corrected chi connectivity index (χ3v) is 8.87. The van der Waals surface area contributed by atoms with Crippen molar-refractivity contribution in [3.05, 3.63) is 41.5 Å². The Balaban J connectivity index is 1.47. The van der Waals surface area contributed by atoms with Gasteiger partial charge in [0.2, 0.25) is 5.75 Å². The molecule has 0 unspecified atom stereocenters. The monoisotopic (exact) mass is 601 g/mol. The van der Waals surface area contributed by atoms with Gasteiger partial charge < -0.3 is 44.7 Å². The number of aromatic hydroxyl groups is 2. The van der Waals surface area contributed by atoms with Crippen LogP contribution in [0.4, 0.5) is 0 Å². The highest BCUT2D eigenvalue weighted by atomic mass is 16.5. The summed E-state index contributed by atoms with van der Waals surface area (Å²) >= 11 is 0. The van der Waals surface area contributed by atoms with E-state index in [4.69, 9.17) is 18.9 Å². The van der Waals surface area contributed by atoms with E-state index in [1.807, 2.05) is 13.0 Å². The van der Waals surface area contributed by atoms with Crippen molar-refractivity contribution >= 4 is 5.97 Å². The third kappa shape index (κ3) is 8.25. The number of carbonyl (C=O) groups is 1. The SMILES string of the molecule is CCN[C@H](COc1cc([C@@H]2C[C@@H](O)C[C@H](CCc3ccc(O)c(OC)c3)O2)cc(OC)c1O)CC1(C(=O)O)CCCCC1. The number of benzene rings is 2. The topological polar surface area (TPSA) is 147 Å². The lowest BCUT2D eigenvalue weighted by Crippen LogP contribution is -2.44. The number of carboxylic acid groups (broad SMARTS) is 1. The number of ether oxygens (including phenoxy) is 4. The first-order valence-corrected chi connectivity index (χ1v) is 15.4. The predicted octanol–water partition coefficient (Wildman–Crippen LogP) is 5.11. The molecule has 238 valence electrons. The molecule has 2 aliphatic rings. The molecule has 1 saturated carbocycles. The van der Waals surface area contributed by atoms with Gasteiger partial charge in [-0.3, -0.25) is 4.79 Å². The highest BCUT2D eigenvalue weighted by Gasteiger charge is 2.41. The molecule has 0 aromatic heterocycles. The Bertz CT molecular complexity index is 1210. The van der Waals surface area contributed by atoms with Crippen LogP contribution in [0.1, 0.15) is 81.9 Å². The Kier molecular flexibility index (Phi) is 11.4. The Morgan fingerprint density at radius 3 is 2.44 bits per heavy atom. The first kappa shape index (κ1) is 32.7. The normalized spacial score (nSPS) is 22.5. The molecule has 2 aromatic carbocycles. The summed E-state index contributed by atoms with van der Waals surface area (Å²) in [5.41, 5.74) is 0.932. The lowest BCUT2D eigenvalue weighted by molar-refractivity contribution is -0.152. The van der Waals surface area contributed by atoms with E-state index < -0.39 is 23.6 Å². The van der Waals surface area contributed by atoms with Gasteiger partial charge in [0.25, 0.3) is 0 Å². The molecule has 4 atom stereocenters. The second-order valence-electron chi connectivity index (χ2n) is 11.9. The van der Waals surface area contributed by atoms with Crippen molar-refractivity contribution in [3.63, 3.8) is 0 Å². The van der Waals surface area contributed by atoms with Gasteiger partial charge in [0.15, 0.2) is 23.0 Å². The number of methoxy groups -OCH3 is 2. The molecule has 1 heterocycles. The smallest absolute Gasteiger partial charge is 0.309 e. The van der Waals surface area contributed by atoms with E-state index in [9.17, 15) is 25.2 Å². The molecule has 0 bridgehead atoms. The molecule has 2 aromatic rings. The van der Waals surface area contributed by atoms with Gasteiger partial charge in [-0.1, -0.05) is 32.3 Å². The molecule has 2 fully saturated rings. The van der Waals surface area contributed by atoms with Crippen LogP contribution < -0.4 is 19.5 Å². The number of phenols is 2. The Morgan fingerprint density at radius 1 is 1.05 bits per heavy atom. The minimum absolute atomic E-state index is 0.0853. The molecule has 5 N–H and O–H groups in total. The average molecular weight is 602 g/mol. The summed E-state index contributed by atoms with van der Waals surface area (Å²) in [7, 11) is 2.98. The van der Waals surface area contributed by atoms with E-state index in [0.29, 0.717) is 62.8 Å². The highest BCUT2D eigenvalue weighted by molar-refractivity contribution is 5.74. The molecule has 1 saturated heterocycles. The molecule has 0 spiro atoms. The Morgan fingerprint density at radius 2 is 1.77 bits per heavy atom. The van der Waals surface area contributed by atoms with Crippen LogP contribution in [0.3, 0.4) is 0 Å². The largest absolute Gasteiger partial charge is 0.504 e. The number of carboxylic acids is 1. The second kappa shape index (κ2) is 15.0. The molecule has 4 rings (SSSR count). The van der Waals surface area contributed by atoms with Crippen LogP contribution >= 0.6 is 0 Å². The lowest BCUT2D eigenvalue weighted by atomic mass is 9.70. The summed E-state index contributed by atoms with van der Waals surface area (Å²) in [5, 5.41) is 45.0. The van der Waals surface area contributed by atoms with Crippen molar-refractivity contribution in [3.8, 4) is 28.7 Å². The van der Waals surface area contributed by atoms with Crippen molar-refractivity contribution in [2.24, 2.45) is 5.41 Å². The fraction of sp³-hybridized carbons (Fsp3) is 0.606. The average Bonchev–Trinajstić information content (AvgIpc) is 3.00. The first-order valence-electron chi connectivity index (χ1n) is 15.4. The number of phenolic OH excluding ortho intramolecular Hbond substituents is 2. The van der Waals surface area contributed by atoms with E-state index in [-0.39, 0.29) is 41.8 Å². The summed E-state index contributed by atoms with van der Waals surface area (Å²) in [6.45, 7) is 2.81. The number of aryl methyl sites for hydroxylation is 1. The summed E-state index contributed by atoms with van der Waals surface area (Å²) < 4.78 is 23.3. The van der Waals surface area contributed by atoms with E-state index in [1.54, 1.807) is 24.3 Å². The maximum Gasteiger partial charge on any atom is 0.309 e. The third-order valence-electron chi connectivity index (χ3n) is 8.87. The summed E-state index contributed by atoms with van der Waals surface area (Å²) in [4.78, 5) is 12.3. The number of hydrogen-bond acceptors (Lipinski definition) is 9. The first-order chi connectivity index (χ1) is 20.7. The van der Waals surface area contributed by atoms with Crippen molar-refractivity contribution in [1.29, 1.82) is 0 Å². The van der Waals surface area contributed by atoms with Gasteiger partial charge in [0.05, 0.1) is 37.9 Å². The van der Waals surface area contributed by atoms with Crippen LogP contribution in [-0.2, 0) is 16.0 Å². The molecular weight excluding hydrogens is 554 g/mol. The second-order valence-corrected chi connectivity index (χ2v) is 11.9. The van der Waals surface area contributed by atoms with Crippen molar-refractivity contribution in [1.82, 2.24) is 5.32 Å². The van der Waals surface area contributed by atoms with Crippen LogP contribution in [0.5, 0.6) is 28.7 Å². The lowest BCUT2D eigenvalue weighted by Gasteiger charge is -2.36. The predicted molar refractivity (Wildman–Crippen MR) is 161 cm³/mol. The van der Waals surface area contributed by atoms with Gasteiger partial charge in [-0.05, 0) is 80.5 Å². The fourth-order valence-electron chi connectivity index (χ4n) is 6.52. The van der Waals surface area contributed by atoms with Crippen LogP contribution in [0, 0.1) is 5.41 Å². The Hall–Kier alpha value is -3.21. The van der Waals surface area contributed by atoms with Crippen molar-refractivity contribution < 1.29 is 44.2 Å². The fourth-order valence-corrected chi connectivity index (χ4v) is 6.52. The number of aliphatic hydroxyl groups is 1. The van der Waals surface area contributed by atoms with Gasteiger partial charge in [0.1, 0.15) is 6.61 Å². The number of aliphatic carboxylic acids is 1.